The topological polar surface area (TPSA) is 55.1 Å². The molecule has 100 valence electrons. The van der Waals surface area contributed by atoms with E-state index in [9.17, 15) is 9.18 Å². The van der Waals surface area contributed by atoms with E-state index >= 15 is 0 Å². The zero-order valence-electron chi connectivity index (χ0n) is 10.9. The maximum Gasteiger partial charge on any atom is 0.237 e. The second-order valence-electron chi connectivity index (χ2n) is 4.50. The monoisotopic (exact) mass is 252 g/mol. The number of halogens is 1. The number of hydrogen-bond donors (Lipinski definition) is 2. The van der Waals surface area contributed by atoms with Crippen molar-refractivity contribution in [3.63, 3.8) is 0 Å². The molecular weight excluding hydrogens is 231 g/mol. The van der Waals surface area contributed by atoms with Crippen molar-refractivity contribution in [1.29, 1.82) is 0 Å². The van der Waals surface area contributed by atoms with Gasteiger partial charge in [-0.2, -0.15) is 0 Å². The lowest BCUT2D eigenvalue weighted by atomic mass is 10.1. The Morgan fingerprint density at radius 2 is 2.11 bits per heavy atom. The quantitative estimate of drug-likeness (QED) is 0.817. The van der Waals surface area contributed by atoms with Crippen LogP contribution in [-0.2, 0) is 4.79 Å². The van der Waals surface area contributed by atoms with Crippen molar-refractivity contribution in [3.05, 3.63) is 35.6 Å². The first kappa shape index (κ1) is 14.6. The molecule has 0 saturated heterocycles. The van der Waals surface area contributed by atoms with Crippen molar-refractivity contribution >= 4 is 5.91 Å². The molecule has 0 aliphatic rings. The van der Waals surface area contributed by atoms with Gasteiger partial charge in [0.2, 0.25) is 5.91 Å². The summed E-state index contributed by atoms with van der Waals surface area (Å²) in [7, 11) is 0. The predicted octanol–water partition coefficient (Wildman–Crippen LogP) is 2.52. The molecule has 1 aromatic carbocycles. The molecule has 0 bridgehead atoms. The zero-order valence-corrected chi connectivity index (χ0v) is 10.9. The van der Waals surface area contributed by atoms with Crippen LogP contribution in [-0.4, -0.2) is 11.9 Å². The predicted molar refractivity (Wildman–Crippen MR) is 70.5 cm³/mol. The van der Waals surface area contributed by atoms with E-state index in [1.165, 1.54) is 6.07 Å². The summed E-state index contributed by atoms with van der Waals surface area (Å²) >= 11 is 0. The molecule has 0 heterocycles. The van der Waals surface area contributed by atoms with Crippen LogP contribution in [0.25, 0.3) is 0 Å². The summed E-state index contributed by atoms with van der Waals surface area (Å²) in [4.78, 5) is 11.8. The van der Waals surface area contributed by atoms with Crippen LogP contribution in [0.15, 0.2) is 24.3 Å². The summed E-state index contributed by atoms with van der Waals surface area (Å²) in [6, 6.07) is 5.54. The van der Waals surface area contributed by atoms with Crippen molar-refractivity contribution in [1.82, 2.24) is 5.32 Å². The number of nitrogens with two attached hydrogens (primary N) is 1. The third-order valence-electron chi connectivity index (χ3n) is 2.94. The molecule has 18 heavy (non-hydrogen) atoms. The summed E-state index contributed by atoms with van der Waals surface area (Å²) in [5.41, 5.74) is 6.24. The van der Waals surface area contributed by atoms with E-state index in [1.54, 1.807) is 25.1 Å². The van der Waals surface area contributed by atoms with Crippen LogP contribution in [0, 0.1) is 5.82 Å². The molecule has 1 aromatic rings. The normalized spacial score (nSPS) is 14.0. The van der Waals surface area contributed by atoms with Gasteiger partial charge in [-0.25, -0.2) is 4.39 Å². The third-order valence-corrected chi connectivity index (χ3v) is 2.94. The first-order chi connectivity index (χ1) is 8.56. The van der Waals surface area contributed by atoms with Crippen molar-refractivity contribution in [3.8, 4) is 0 Å². The van der Waals surface area contributed by atoms with Gasteiger partial charge in [0.25, 0.3) is 0 Å². The summed E-state index contributed by atoms with van der Waals surface area (Å²) in [5, 5.41) is 2.74. The fraction of sp³-hybridized carbons (Fsp3) is 0.500. The molecule has 3 N–H and O–H groups in total. The van der Waals surface area contributed by atoms with E-state index in [4.69, 9.17) is 5.73 Å². The maximum absolute atomic E-state index is 13.5. The van der Waals surface area contributed by atoms with Gasteiger partial charge in [-0.15, -0.1) is 0 Å². The van der Waals surface area contributed by atoms with E-state index < -0.39 is 6.04 Å². The van der Waals surface area contributed by atoms with Crippen LogP contribution >= 0.6 is 0 Å². The van der Waals surface area contributed by atoms with E-state index in [0.29, 0.717) is 12.0 Å². The number of benzene rings is 1. The molecule has 2 atom stereocenters. The largest absolute Gasteiger partial charge is 0.348 e. The summed E-state index contributed by atoms with van der Waals surface area (Å²) in [5.74, 6) is -0.536. The van der Waals surface area contributed by atoms with Crippen LogP contribution < -0.4 is 11.1 Å². The highest BCUT2D eigenvalue weighted by Gasteiger charge is 2.17. The van der Waals surface area contributed by atoms with Gasteiger partial charge in [-0.1, -0.05) is 38.0 Å². The van der Waals surface area contributed by atoms with Crippen molar-refractivity contribution < 1.29 is 9.18 Å². The highest BCUT2D eigenvalue weighted by Crippen LogP contribution is 2.16. The summed E-state index contributed by atoms with van der Waals surface area (Å²) in [6.45, 7) is 3.80. The Bertz CT molecular complexity index is 395. The fourth-order valence-electron chi connectivity index (χ4n) is 1.78. The Morgan fingerprint density at radius 3 is 2.72 bits per heavy atom. The lowest BCUT2D eigenvalue weighted by Crippen LogP contribution is -2.41. The van der Waals surface area contributed by atoms with Crippen LogP contribution in [0.5, 0.6) is 0 Å². The molecule has 2 unspecified atom stereocenters. The van der Waals surface area contributed by atoms with Gasteiger partial charge in [-0.05, 0) is 19.4 Å². The van der Waals surface area contributed by atoms with Gasteiger partial charge in [0.05, 0.1) is 12.1 Å². The van der Waals surface area contributed by atoms with E-state index in [-0.39, 0.29) is 17.8 Å². The number of unbranched alkanes of at least 4 members (excludes halogenated alkanes) is 1. The molecule has 0 radical (unpaired) electrons. The molecule has 4 heteroatoms. The van der Waals surface area contributed by atoms with Crippen LogP contribution in [0.3, 0.4) is 0 Å². The van der Waals surface area contributed by atoms with Crippen molar-refractivity contribution in [2.24, 2.45) is 5.73 Å². The average molecular weight is 252 g/mol. The number of hydrogen-bond acceptors (Lipinski definition) is 2. The minimum atomic E-state index is -0.515. The molecule has 3 nitrogen and oxygen atoms in total. The van der Waals surface area contributed by atoms with Gasteiger partial charge in [0.1, 0.15) is 5.82 Å². The van der Waals surface area contributed by atoms with Crippen molar-refractivity contribution in [2.45, 2.75) is 45.2 Å². The van der Waals surface area contributed by atoms with Crippen LogP contribution in [0.2, 0.25) is 0 Å². The average Bonchev–Trinajstić information content (AvgIpc) is 2.36. The number of amides is 1. The van der Waals surface area contributed by atoms with E-state index in [0.717, 1.165) is 12.8 Å². The molecule has 0 spiro atoms. The minimum absolute atomic E-state index is 0.223. The Balaban J connectivity index is 2.57. The van der Waals surface area contributed by atoms with Gasteiger partial charge in [-0.3, -0.25) is 4.79 Å². The zero-order chi connectivity index (χ0) is 13.5. The molecule has 1 rings (SSSR count). The fourth-order valence-corrected chi connectivity index (χ4v) is 1.78. The summed E-state index contributed by atoms with van der Waals surface area (Å²) < 4.78 is 13.5. The standard InChI is InChI=1S/C14H21FN2O/c1-3-4-9-13(16)14(18)17-10(2)11-7-5-6-8-12(11)15/h5-8,10,13H,3-4,9,16H2,1-2H3,(H,17,18). The minimum Gasteiger partial charge on any atom is -0.348 e. The highest BCUT2D eigenvalue weighted by molar-refractivity contribution is 5.81. The summed E-state index contributed by atoms with van der Waals surface area (Å²) in [6.07, 6.45) is 2.58. The smallest absolute Gasteiger partial charge is 0.237 e. The Kier molecular flexibility index (Phi) is 5.78. The highest BCUT2D eigenvalue weighted by atomic mass is 19.1. The Hall–Kier alpha value is -1.42. The van der Waals surface area contributed by atoms with Gasteiger partial charge >= 0.3 is 0 Å². The van der Waals surface area contributed by atoms with Crippen LogP contribution in [0.1, 0.15) is 44.7 Å². The number of nitrogens with one attached hydrogen (secondary N) is 1. The van der Waals surface area contributed by atoms with Crippen LogP contribution in [0.4, 0.5) is 4.39 Å². The van der Waals surface area contributed by atoms with Gasteiger partial charge in [0.15, 0.2) is 0 Å². The molecular formula is C14H21FN2O. The second kappa shape index (κ2) is 7.11. The Labute approximate surface area is 108 Å². The molecule has 0 fully saturated rings. The molecule has 1 amide bonds. The molecule has 0 aliphatic carbocycles. The van der Waals surface area contributed by atoms with Gasteiger partial charge in [0, 0.05) is 5.56 Å². The molecule has 0 saturated carbocycles. The lowest BCUT2D eigenvalue weighted by Gasteiger charge is -2.18. The molecule has 0 aromatic heterocycles. The van der Waals surface area contributed by atoms with E-state index in [1.807, 2.05) is 6.92 Å². The number of carbonyl (C=O) groups excluding carboxylic acids is 1. The number of carbonyl (C=O) groups is 1. The first-order valence-electron chi connectivity index (χ1n) is 6.36. The van der Waals surface area contributed by atoms with E-state index in [2.05, 4.69) is 5.32 Å². The third kappa shape index (κ3) is 4.11. The van der Waals surface area contributed by atoms with Gasteiger partial charge < -0.3 is 11.1 Å². The Morgan fingerprint density at radius 1 is 1.44 bits per heavy atom. The van der Waals surface area contributed by atoms with Crippen molar-refractivity contribution in [2.75, 3.05) is 0 Å². The first-order valence-corrected chi connectivity index (χ1v) is 6.36. The second-order valence-corrected chi connectivity index (χ2v) is 4.50. The number of rotatable bonds is 6. The molecule has 0 aliphatic heterocycles. The lowest BCUT2D eigenvalue weighted by molar-refractivity contribution is -0.123. The maximum atomic E-state index is 13.5. The SMILES string of the molecule is CCCCC(N)C(=O)NC(C)c1ccccc1F.